The third-order valence-corrected chi connectivity index (χ3v) is 18.8. The molecule has 606 valence electrons. The van der Waals surface area contributed by atoms with Crippen LogP contribution in [0.5, 0.6) is 0 Å². The van der Waals surface area contributed by atoms with Crippen molar-refractivity contribution in [2.45, 2.75) is 341 Å². The minimum atomic E-state index is -5.00. The van der Waals surface area contributed by atoms with Crippen LogP contribution in [-0.4, -0.2) is 96.7 Å². The molecule has 0 fully saturated rings. The van der Waals surface area contributed by atoms with Crippen molar-refractivity contribution in [3.05, 3.63) is 146 Å². The van der Waals surface area contributed by atoms with Gasteiger partial charge in [0.2, 0.25) is 0 Å². The second-order valence-electron chi connectivity index (χ2n) is 27.0. The van der Waals surface area contributed by atoms with E-state index in [2.05, 4.69) is 137 Å². The van der Waals surface area contributed by atoms with Crippen molar-refractivity contribution in [3.63, 3.8) is 0 Å². The quantitative estimate of drug-likeness (QED) is 0.0169. The number of phosphoric ester groups is 2. The maximum atomic E-state index is 13.1. The first kappa shape index (κ1) is 101. The van der Waals surface area contributed by atoms with Crippen molar-refractivity contribution >= 4 is 39.5 Å². The van der Waals surface area contributed by atoms with Crippen LogP contribution >= 0.6 is 15.6 Å². The maximum absolute atomic E-state index is 13.1. The molecule has 0 aromatic heterocycles. The zero-order chi connectivity index (χ0) is 77.4. The van der Waals surface area contributed by atoms with E-state index in [1.54, 1.807) is 0 Å². The molecule has 19 heteroatoms. The summed E-state index contributed by atoms with van der Waals surface area (Å²) in [5, 5.41) is 10.6. The van der Waals surface area contributed by atoms with E-state index in [1.165, 1.54) is 116 Å². The Kier molecular flexibility index (Phi) is 74.3. The van der Waals surface area contributed by atoms with E-state index in [-0.39, 0.29) is 25.7 Å². The average Bonchev–Trinajstić information content (AvgIpc) is 0.901. The monoisotopic (exact) mass is 1530 g/mol. The first-order valence-corrected chi connectivity index (χ1v) is 44.1. The van der Waals surface area contributed by atoms with Crippen LogP contribution in [0.2, 0.25) is 0 Å². The average molecular weight is 1530 g/mol. The third kappa shape index (κ3) is 77.1. The fourth-order valence-corrected chi connectivity index (χ4v) is 12.3. The SMILES string of the molecule is CC/C=C\C/C=C\C/C=C\C/C=C\C/C=C\C/C=C\CCC(=O)OCC(COP(=O)(O)OCC(O)COP(=O)(O)OCC(COC(=O)CC/C=C\C/C=C\C/C=C\C/C=C\C/C=C\C/C=C\CC)OC(=O)CCCCCCCCCCCCCCCCC)OC(=O)CCCCCCCCCCCCCCC. The Balaban J connectivity index is 5.46. The lowest BCUT2D eigenvalue weighted by Crippen LogP contribution is -2.30. The molecule has 5 atom stereocenters. The second-order valence-corrected chi connectivity index (χ2v) is 29.9. The zero-order valence-corrected chi connectivity index (χ0v) is 68.1. The molecule has 5 unspecified atom stereocenters. The molecule has 0 aliphatic heterocycles. The van der Waals surface area contributed by atoms with Crippen molar-refractivity contribution < 1.29 is 80.2 Å². The van der Waals surface area contributed by atoms with Crippen LogP contribution in [0, 0.1) is 0 Å². The summed E-state index contributed by atoms with van der Waals surface area (Å²) >= 11 is 0. The van der Waals surface area contributed by atoms with Gasteiger partial charge in [0.1, 0.15) is 19.3 Å². The topological polar surface area (TPSA) is 237 Å². The number of unbranched alkanes of at least 4 members (excludes halogenated alkanes) is 26. The molecule has 0 saturated heterocycles. The molecule has 0 saturated carbocycles. The molecule has 0 amide bonds. The van der Waals surface area contributed by atoms with Crippen LogP contribution in [0.15, 0.2) is 146 Å². The van der Waals surface area contributed by atoms with Gasteiger partial charge in [-0.1, -0.05) is 340 Å². The highest BCUT2D eigenvalue weighted by Gasteiger charge is 2.30. The van der Waals surface area contributed by atoms with Gasteiger partial charge in [-0.3, -0.25) is 37.3 Å². The summed E-state index contributed by atoms with van der Waals surface area (Å²) in [6.07, 6.45) is 89.9. The number of allylic oxidation sites excluding steroid dienone is 24. The number of phosphoric acid groups is 2. The highest BCUT2D eigenvalue weighted by Crippen LogP contribution is 2.45. The third-order valence-electron chi connectivity index (χ3n) is 16.9. The Morgan fingerprint density at radius 3 is 0.736 bits per heavy atom. The summed E-state index contributed by atoms with van der Waals surface area (Å²) in [7, 11) is -10.0. The molecule has 0 aromatic carbocycles. The Bertz CT molecular complexity index is 2580. The van der Waals surface area contributed by atoms with Crippen LogP contribution in [0.1, 0.15) is 323 Å². The highest BCUT2D eigenvalue weighted by atomic mass is 31.2. The summed E-state index contributed by atoms with van der Waals surface area (Å²) in [5.74, 6) is -2.36. The standard InChI is InChI=1S/C87H146O17P2/c1-5-9-13-17-21-25-29-33-36-38-40-42-45-48-51-55-59-63-67-71-84(89)97-77-82(103-86(91)73-69-65-61-57-53-47-32-28-24-20-16-12-8-4)79-101-105(93,94)99-75-81(88)76-100-106(95,96)102-80-83(104-87(92)74-70-66-62-58-54-50-44-35-31-27-23-19-15-11-7-3)78-98-85(90)72-68-64-60-56-52-49-46-43-41-39-37-34-30-26-22-18-14-10-6-2/h9-10,13-14,21-22,25-26,33-34,36-37,40-43,48-49,51-52,59-60,63-64,81-83,88H,5-8,11-12,15-20,23-24,27-32,35,38-39,44-47,50,53-58,61-62,65-80H2,1-4H3,(H,93,94)(H,95,96)/b13-9-,14-10-,25-21-,26-22-,36-33-,37-34-,42-40-,43-41-,51-48-,52-49-,63-59-,64-60-. The maximum Gasteiger partial charge on any atom is 0.472 e. The fraction of sp³-hybridized carbons (Fsp3) is 0.678. The minimum Gasteiger partial charge on any atom is -0.462 e. The van der Waals surface area contributed by atoms with Crippen LogP contribution in [0.4, 0.5) is 0 Å². The number of hydrogen-bond donors (Lipinski definition) is 3. The van der Waals surface area contributed by atoms with E-state index in [9.17, 15) is 43.2 Å². The van der Waals surface area contributed by atoms with Gasteiger partial charge in [0.05, 0.1) is 26.4 Å². The number of carbonyl (C=O) groups excluding carboxylic acids is 4. The van der Waals surface area contributed by atoms with Crippen molar-refractivity contribution in [2.24, 2.45) is 0 Å². The van der Waals surface area contributed by atoms with Crippen molar-refractivity contribution in [3.8, 4) is 0 Å². The molecule has 0 bridgehead atoms. The number of esters is 4. The van der Waals surface area contributed by atoms with Crippen LogP contribution < -0.4 is 0 Å². The number of hydrogen-bond acceptors (Lipinski definition) is 15. The van der Waals surface area contributed by atoms with E-state index in [0.717, 1.165) is 116 Å². The summed E-state index contributed by atoms with van der Waals surface area (Å²) in [5.41, 5.74) is 0. The molecular formula is C87H146O17P2. The van der Waals surface area contributed by atoms with Gasteiger partial charge in [0.25, 0.3) is 0 Å². The minimum absolute atomic E-state index is 0.0337. The van der Waals surface area contributed by atoms with Crippen molar-refractivity contribution in [1.82, 2.24) is 0 Å². The number of rotatable bonds is 76. The summed E-state index contributed by atoms with van der Waals surface area (Å²) in [4.78, 5) is 73.0. The number of ether oxygens (including phenoxy) is 4. The zero-order valence-electron chi connectivity index (χ0n) is 66.3. The van der Waals surface area contributed by atoms with Crippen molar-refractivity contribution in [2.75, 3.05) is 39.6 Å². The predicted octanol–water partition coefficient (Wildman–Crippen LogP) is 24.2. The van der Waals surface area contributed by atoms with Gasteiger partial charge in [-0.2, -0.15) is 0 Å². The summed E-state index contributed by atoms with van der Waals surface area (Å²) < 4.78 is 68.5. The molecule has 0 radical (unpaired) electrons. The van der Waals surface area contributed by atoms with Gasteiger partial charge < -0.3 is 33.8 Å². The van der Waals surface area contributed by atoms with Gasteiger partial charge in [0.15, 0.2) is 12.2 Å². The summed E-state index contributed by atoms with van der Waals surface area (Å²) in [6, 6.07) is 0. The van der Waals surface area contributed by atoms with Crippen molar-refractivity contribution in [1.29, 1.82) is 0 Å². The molecule has 3 N–H and O–H groups in total. The van der Waals surface area contributed by atoms with Gasteiger partial charge >= 0.3 is 39.5 Å². The van der Waals surface area contributed by atoms with Crippen LogP contribution in [-0.2, 0) is 65.4 Å². The number of carbonyl (C=O) groups is 4. The Hall–Kier alpha value is -5.06. The smallest absolute Gasteiger partial charge is 0.462 e. The predicted molar refractivity (Wildman–Crippen MR) is 436 cm³/mol. The largest absolute Gasteiger partial charge is 0.472 e. The van der Waals surface area contributed by atoms with Gasteiger partial charge in [-0.25, -0.2) is 9.13 Å². The number of aliphatic hydroxyl groups excluding tert-OH is 1. The van der Waals surface area contributed by atoms with E-state index in [0.29, 0.717) is 38.5 Å². The summed E-state index contributed by atoms with van der Waals surface area (Å²) in [6.45, 7) is 4.51. The lowest BCUT2D eigenvalue weighted by Gasteiger charge is -2.21. The van der Waals surface area contributed by atoms with Crippen LogP contribution in [0.3, 0.4) is 0 Å². The first-order valence-electron chi connectivity index (χ1n) is 41.1. The molecule has 17 nitrogen and oxygen atoms in total. The Morgan fingerprint density at radius 2 is 0.491 bits per heavy atom. The number of aliphatic hydroxyl groups is 1. The lowest BCUT2D eigenvalue weighted by atomic mass is 10.0. The fourth-order valence-electron chi connectivity index (χ4n) is 10.7. The normalized spacial score (nSPS) is 14.6. The van der Waals surface area contributed by atoms with E-state index >= 15 is 0 Å². The molecule has 0 rings (SSSR count). The molecular weight excluding hydrogens is 1380 g/mol. The van der Waals surface area contributed by atoms with E-state index in [1.807, 2.05) is 36.5 Å². The molecule has 0 aliphatic rings. The van der Waals surface area contributed by atoms with Gasteiger partial charge in [0, 0.05) is 25.7 Å². The van der Waals surface area contributed by atoms with Crippen LogP contribution in [0.25, 0.3) is 0 Å². The molecule has 0 aromatic rings. The Labute approximate surface area is 643 Å². The second kappa shape index (κ2) is 78.1. The highest BCUT2D eigenvalue weighted by molar-refractivity contribution is 7.47. The molecule has 0 spiro atoms. The van der Waals surface area contributed by atoms with E-state index in [4.69, 9.17) is 37.0 Å². The Morgan fingerprint density at radius 1 is 0.274 bits per heavy atom. The molecule has 0 heterocycles. The lowest BCUT2D eigenvalue weighted by molar-refractivity contribution is -0.161. The molecule has 0 aliphatic carbocycles. The van der Waals surface area contributed by atoms with E-state index < -0.39 is 97.5 Å². The molecule has 106 heavy (non-hydrogen) atoms. The first-order chi connectivity index (χ1) is 51.7. The van der Waals surface area contributed by atoms with Gasteiger partial charge in [-0.05, 0) is 103 Å². The van der Waals surface area contributed by atoms with Gasteiger partial charge in [-0.15, -0.1) is 0 Å².